The maximum absolute atomic E-state index is 10.9. The van der Waals surface area contributed by atoms with Gasteiger partial charge in [-0.15, -0.1) is 0 Å². The van der Waals surface area contributed by atoms with Crippen molar-refractivity contribution < 1.29 is 13.0 Å². The molecule has 22 heavy (non-hydrogen) atoms. The topological polar surface area (TPSA) is 57.6 Å². The van der Waals surface area contributed by atoms with E-state index in [0.717, 1.165) is 32.2 Å². The van der Waals surface area contributed by atoms with E-state index < -0.39 is 10.1 Å². The molecule has 0 saturated heterocycles. The first-order valence-corrected chi connectivity index (χ1v) is 9.83. The van der Waals surface area contributed by atoms with Gasteiger partial charge >= 0.3 is 0 Å². The second-order valence-corrected chi connectivity index (χ2v) is 7.27. The van der Waals surface area contributed by atoms with Gasteiger partial charge in [0.15, 0.2) is 0 Å². The molecule has 5 heteroatoms. The molecule has 126 valence electrons. The fourth-order valence-electron chi connectivity index (χ4n) is 2.49. The zero-order valence-corrected chi connectivity index (χ0v) is 14.8. The first kappa shape index (κ1) is 19.0. The molecule has 0 saturated carbocycles. The molecular formula is C17H29NO3S. The van der Waals surface area contributed by atoms with Crippen molar-refractivity contribution in [2.75, 3.05) is 23.7 Å². The predicted molar refractivity (Wildman–Crippen MR) is 93.4 cm³/mol. The van der Waals surface area contributed by atoms with E-state index in [1.165, 1.54) is 16.8 Å². The Morgan fingerprint density at radius 2 is 1.50 bits per heavy atom. The van der Waals surface area contributed by atoms with Crippen molar-refractivity contribution in [3.05, 3.63) is 29.3 Å². The van der Waals surface area contributed by atoms with Gasteiger partial charge in [-0.1, -0.05) is 33.3 Å². The third-order valence-electron chi connectivity index (χ3n) is 3.83. The molecule has 4 nitrogen and oxygen atoms in total. The Balaban J connectivity index is 2.89. The van der Waals surface area contributed by atoms with Gasteiger partial charge < -0.3 is 4.90 Å². The largest absolute Gasteiger partial charge is 0.371 e. The summed E-state index contributed by atoms with van der Waals surface area (Å²) >= 11 is 0. The summed E-state index contributed by atoms with van der Waals surface area (Å²) in [6.07, 6.45) is 4.61. The Bertz CT molecular complexity index is 533. The molecule has 0 unspecified atom stereocenters. The Kier molecular flexibility index (Phi) is 7.90. The van der Waals surface area contributed by atoms with Crippen molar-refractivity contribution in [1.82, 2.24) is 0 Å². The van der Waals surface area contributed by atoms with Crippen LogP contribution in [0.25, 0.3) is 0 Å². The van der Waals surface area contributed by atoms with Crippen LogP contribution in [0.2, 0.25) is 0 Å². The highest BCUT2D eigenvalue weighted by molar-refractivity contribution is 7.85. The molecule has 0 fully saturated rings. The molecule has 0 atom stereocenters. The van der Waals surface area contributed by atoms with Crippen LogP contribution in [0.4, 0.5) is 5.69 Å². The van der Waals surface area contributed by atoms with Gasteiger partial charge in [-0.05, 0) is 48.9 Å². The van der Waals surface area contributed by atoms with Gasteiger partial charge in [0.05, 0.1) is 5.75 Å². The summed E-state index contributed by atoms with van der Waals surface area (Å²) in [5, 5.41) is 0. The average Bonchev–Trinajstić information content (AvgIpc) is 2.48. The first-order chi connectivity index (χ1) is 10.4. The van der Waals surface area contributed by atoms with E-state index in [4.69, 9.17) is 4.55 Å². The van der Waals surface area contributed by atoms with E-state index in [1.807, 2.05) is 0 Å². The Labute approximate surface area is 135 Å². The molecule has 0 spiro atoms. The van der Waals surface area contributed by atoms with Crippen LogP contribution >= 0.6 is 0 Å². The molecule has 0 aliphatic rings. The molecule has 0 aromatic heterocycles. The van der Waals surface area contributed by atoms with Crippen LogP contribution in [0, 0.1) is 0 Å². The first-order valence-electron chi connectivity index (χ1n) is 8.22. The fraction of sp³-hybridized carbons (Fsp3) is 0.647. The van der Waals surface area contributed by atoms with Gasteiger partial charge in [0.2, 0.25) is 0 Å². The van der Waals surface area contributed by atoms with Crippen molar-refractivity contribution in [2.24, 2.45) is 0 Å². The highest BCUT2D eigenvalue weighted by atomic mass is 32.2. The molecule has 0 radical (unpaired) electrons. The predicted octanol–water partition coefficient (Wildman–Crippen LogP) is 3.70. The van der Waals surface area contributed by atoms with Crippen LogP contribution in [0.3, 0.4) is 0 Å². The van der Waals surface area contributed by atoms with Crippen LogP contribution < -0.4 is 4.90 Å². The van der Waals surface area contributed by atoms with Crippen LogP contribution in [0.15, 0.2) is 18.2 Å². The molecule has 1 aromatic carbocycles. The minimum atomic E-state index is -3.87. The van der Waals surface area contributed by atoms with Crippen molar-refractivity contribution in [3.63, 3.8) is 0 Å². The molecular weight excluding hydrogens is 298 g/mol. The monoisotopic (exact) mass is 327 g/mol. The van der Waals surface area contributed by atoms with Crippen LogP contribution in [0.5, 0.6) is 0 Å². The van der Waals surface area contributed by atoms with E-state index in [-0.39, 0.29) is 5.75 Å². The van der Waals surface area contributed by atoms with Gasteiger partial charge in [0.1, 0.15) is 0 Å². The molecule has 0 bridgehead atoms. The standard InChI is InChI=1S/C17H29NO3S/c1-4-7-9-18(10-8-11-22(19,20)21)17-13-15(5-2)12-16(6-3)14-17/h12-14H,4-11H2,1-3H3,(H,19,20,21). The fourth-order valence-corrected chi connectivity index (χ4v) is 2.98. The van der Waals surface area contributed by atoms with Crippen molar-refractivity contribution in [2.45, 2.75) is 52.9 Å². The molecule has 0 heterocycles. The van der Waals surface area contributed by atoms with Gasteiger partial charge in [0, 0.05) is 18.8 Å². The molecule has 0 aliphatic carbocycles. The summed E-state index contributed by atoms with van der Waals surface area (Å²) in [4.78, 5) is 2.24. The SMILES string of the molecule is CCCCN(CCCS(=O)(=O)O)c1cc(CC)cc(CC)c1. The number of unbranched alkanes of at least 4 members (excludes halogenated alkanes) is 1. The summed E-state index contributed by atoms with van der Waals surface area (Å²) < 4.78 is 30.7. The zero-order valence-electron chi connectivity index (χ0n) is 14.0. The van der Waals surface area contributed by atoms with Gasteiger partial charge in [-0.3, -0.25) is 4.55 Å². The highest BCUT2D eigenvalue weighted by Gasteiger charge is 2.11. The van der Waals surface area contributed by atoms with Crippen LogP contribution in [-0.4, -0.2) is 31.8 Å². The normalized spacial score (nSPS) is 11.6. The van der Waals surface area contributed by atoms with Gasteiger partial charge in [0.25, 0.3) is 10.1 Å². The lowest BCUT2D eigenvalue weighted by Gasteiger charge is -2.26. The molecule has 1 aromatic rings. The Morgan fingerprint density at radius 1 is 0.955 bits per heavy atom. The number of hydrogen-bond acceptors (Lipinski definition) is 3. The maximum atomic E-state index is 10.9. The molecule has 1 rings (SSSR count). The molecule has 0 amide bonds. The van der Waals surface area contributed by atoms with E-state index in [0.29, 0.717) is 13.0 Å². The third-order valence-corrected chi connectivity index (χ3v) is 4.64. The summed E-state index contributed by atoms with van der Waals surface area (Å²) in [6.45, 7) is 8.01. The average molecular weight is 327 g/mol. The van der Waals surface area contributed by atoms with Gasteiger partial charge in [-0.2, -0.15) is 8.42 Å². The van der Waals surface area contributed by atoms with Crippen LogP contribution in [0.1, 0.15) is 51.2 Å². The van der Waals surface area contributed by atoms with E-state index >= 15 is 0 Å². The van der Waals surface area contributed by atoms with E-state index in [1.54, 1.807) is 0 Å². The number of hydrogen-bond donors (Lipinski definition) is 1. The van der Waals surface area contributed by atoms with Crippen LogP contribution in [-0.2, 0) is 23.0 Å². The second kappa shape index (κ2) is 9.16. The third kappa shape index (κ3) is 6.79. The van der Waals surface area contributed by atoms with Crippen molar-refractivity contribution >= 4 is 15.8 Å². The van der Waals surface area contributed by atoms with E-state index in [2.05, 4.69) is 43.9 Å². The quantitative estimate of drug-likeness (QED) is 0.666. The number of nitrogens with zero attached hydrogens (tertiary/aromatic N) is 1. The van der Waals surface area contributed by atoms with Crippen molar-refractivity contribution in [3.8, 4) is 0 Å². The number of anilines is 1. The van der Waals surface area contributed by atoms with Crippen molar-refractivity contribution in [1.29, 1.82) is 0 Å². The molecule has 1 N–H and O–H groups in total. The summed E-state index contributed by atoms with van der Waals surface area (Å²) in [5.41, 5.74) is 3.79. The van der Waals surface area contributed by atoms with Gasteiger partial charge in [-0.25, -0.2) is 0 Å². The number of aryl methyl sites for hydroxylation is 2. The summed E-state index contributed by atoms with van der Waals surface area (Å²) in [5.74, 6) is -0.177. The lowest BCUT2D eigenvalue weighted by atomic mass is 10.0. The second-order valence-electron chi connectivity index (χ2n) is 5.70. The summed E-state index contributed by atoms with van der Waals surface area (Å²) in [6, 6.07) is 6.63. The Morgan fingerprint density at radius 3 is 1.95 bits per heavy atom. The number of benzene rings is 1. The smallest absolute Gasteiger partial charge is 0.264 e. The minimum Gasteiger partial charge on any atom is -0.371 e. The lowest BCUT2D eigenvalue weighted by molar-refractivity contribution is 0.481. The Hall–Kier alpha value is -1.07. The number of rotatable bonds is 10. The maximum Gasteiger partial charge on any atom is 0.264 e. The van der Waals surface area contributed by atoms with E-state index in [9.17, 15) is 8.42 Å². The lowest BCUT2D eigenvalue weighted by Crippen LogP contribution is -2.27. The zero-order chi connectivity index (χ0) is 16.6. The minimum absolute atomic E-state index is 0.177. The summed E-state index contributed by atoms with van der Waals surface area (Å²) in [7, 11) is -3.87. The highest BCUT2D eigenvalue weighted by Crippen LogP contribution is 2.21. The molecule has 0 aliphatic heterocycles.